The Balaban J connectivity index is 1.26. The van der Waals surface area contributed by atoms with Crippen LogP contribution in [0.4, 0.5) is 0 Å². The Morgan fingerprint density at radius 2 is 1.65 bits per heavy atom. The molecule has 1 atom stereocenters. The van der Waals surface area contributed by atoms with Gasteiger partial charge in [0.25, 0.3) is 0 Å². The number of nitrogens with zero attached hydrogens (tertiary/aromatic N) is 3. The fourth-order valence-electron chi connectivity index (χ4n) is 6.07. The molecule has 5 nitrogen and oxygen atoms in total. The van der Waals surface area contributed by atoms with Gasteiger partial charge < -0.3 is 9.80 Å². The number of carbonyl (C=O) groups is 2. The highest BCUT2D eigenvalue weighted by molar-refractivity contribution is 7.10. The zero-order chi connectivity index (χ0) is 23.5. The second kappa shape index (κ2) is 10.6. The monoisotopic (exact) mass is 479 g/mol. The maximum Gasteiger partial charge on any atom is 0.236 e. The third kappa shape index (κ3) is 4.94. The summed E-state index contributed by atoms with van der Waals surface area (Å²) in [6.07, 6.45) is 7.58. The molecule has 5 rings (SSSR count). The number of aryl methyl sites for hydroxylation is 1. The molecule has 0 N–H and O–H groups in total. The minimum absolute atomic E-state index is 0.136. The van der Waals surface area contributed by atoms with E-state index in [0.29, 0.717) is 25.5 Å². The highest BCUT2D eigenvalue weighted by atomic mass is 32.1. The SMILES string of the molecule is Cc1ccccc1[C@H]1c2ccsc2CCN1CC(=O)N1CCCN(C(=O)C2CCCCC2)CC1. The molecule has 6 heteroatoms. The zero-order valence-corrected chi connectivity index (χ0v) is 21.2. The van der Waals surface area contributed by atoms with Crippen LogP contribution in [-0.4, -0.2) is 65.8 Å². The second-order valence-corrected chi connectivity index (χ2v) is 11.2. The largest absolute Gasteiger partial charge is 0.341 e. The third-order valence-electron chi connectivity index (χ3n) is 8.00. The van der Waals surface area contributed by atoms with E-state index in [1.54, 1.807) is 0 Å². The van der Waals surface area contributed by atoms with E-state index in [1.165, 1.54) is 40.8 Å². The Morgan fingerprint density at radius 1 is 0.882 bits per heavy atom. The predicted molar refractivity (Wildman–Crippen MR) is 137 cm³/mol. The zero-order valence-electron chi connectivity index (χ0n) is 20.4. The molecular formula is C28H37N3O2S. The van der Waals surface area contributed by atoms with E-state index in [9.17, 15) is 9.59 Å². The molecule has 0 spiro atoms. The summed E-state index contributed by atoms with van der Waals surface area (Å²) in [6, 6.07) is 11.0. The van der Waals surface area contributed by atoms with E-state index in [0.717, 1.165) is 45.3 Å². The Bertz CT molecular complexity index is 1010. The van der Waals surface area contributed by atoms with Crippen molar-refractivity contribution in [3.8, 4) is 0 Å². The molecule has 2 aromatic rings. The van der Waals surface area contributed by atoms with E-state index < -0.39 is 0 Å². The first-order valence-corrected chi connectivity index (χ1v) is 13.9. The number of amides is 2. The first-order chi connectivity index (χ1) is 16.6. The fourth-order valence-corrected chi connectivity index (χ4v) is 6.97. The second-order valence-electron chi connectivity index (χ2n) is 10.2. The summed E-state index contributed by atoms with van der Waals surface area (Å²) in [5, 5.41) is 2.19. The van der Waals surface area contributed by atoms with Gasteiger partial charge in [-0.1, -0.05) is 43.5 Å². The van der Waals surface area contributed by atoms with Crippen LogP contribution in [0, 0.1) is 12.8 Å². The molecule has 1 aliphatic carbocycles. The molecule has 0 unspecified atom stereocenters. The van der Waals surface area contributed by atoms with Crippen molar-refractivity contribution in [2.24, 2.45) is 5.92 Å². The molecule has 2 amide bonds. The molecule has 1 aromatic carbocycles. The molecule has 1 aromatic heterocycles. The van der Waals surface area contributed by atoms with Gasteiger partial charge in [-0.25, -0.2) is 0 Å². The predicted octanol–water partition coefficient (Wildman–Crippen LogP) is 4.65. The Morgan fingerprint density at radius 3 is 2.47 bits per heavy atom. The first-order valence-electron chi connectivity index (χ1n) is 13.0. The van der Waals surface area contributed by atoms with Gasteiger partial charge in [-0.2, -0.15) is 0 Å². The summed E-state index contributed by atoms with van der Waals surface area (Å²) in [7, 11) is 0. The third-order valence-corrected chi connectivity index (χ3v) is 9.00. The van der Waals surface area contributed by atoms with Gasteiger partial charge in [0, 0.05) is 43.5 Å². The van der Waals surface area contributed by atoms with Gasteiger partial charge in [-0.3, -0.25) is 14.5 Å². The lowest BCUT2D eigenvalue weighted by molar-refractivity contribution is -0.137. The maximum absolute atomic E-state index is 13.5. The van der Waals surface area contributed by atoms with Crippen molar-refractivity contribution in [3.05, 3.63) is 57.3 Å². The first kappa shape index (κ1) is 23.6. The number of hydrogen-bond acceptors (Lipinski definition) is 4. The molecule has 2 fully saturated rings. The van der Waals surface area contributed by atoms with Crippen LogP contribution in [0.25, 0.3) is 0 Å². The van der Waals surface area contributed by atoms with E-state index in [4.69, 9.17) is 0 Å². The lowest BCUT2D eigenvalue weighted by Gasteiger charge is -2.37. The smallest absolute Gasteiger partial charge is 0.236 e. The van der Waals surface area contributed by atoms with Crippen LogP contribution in [0.1, 0.15) is 66.1 Å². The van der Waals surface area contributed by atoms with E-state index in [-0.39, 0.29) is 17.9 Å². The van der Waals surface area contributed by atoms with Crippen LogP contribution >= 0.6 is 11.3 Å². The Kier molecular flexibility index (Phi) is 7.35. The van der Waals surface area contributed by atoms with Gasteiger partial charge in [0.2, 0.25) is 11.8 Å². The number of benzene rings is 1. The van der Waals surface area contributed by atoms with Gasteiger partial charge in [0.1, 0.15) is 0 Å². The average Bonchev–Trinajstić information content (AvgIpc) is 3.20. The molecule has 182 valence electrons. The molecule has 1 saturated carbocycles. The maximum atomic E-state index is 13.5. The minimum atomic E-state index is 0.136. The topological polar surface area (TPSA) is 43.9 Å². The molecule has 0 radical (unpaired) electrons. The summed E-state index contributed by atoms with van der Waals surface area (Å²) in [5.41, 5.74) is 3.93. The van der Waals surface area contributed by atoms with Crippen LogP contribution in [0.15, 0.2) is 35.7 Å². The van der Waals surface area contributed by atoms with Crippen molar-refractivity contribution in [3.63, 3.8) is 0 Å². The quantitative estimate of drug-likeness (QED) is 0.641. The normalized spacial score (nSPS) is 22.3. The molecule has 0 bridgehead atoms. The number of hydrogen-bond donors (Lipinski definition) is 0. The highest BCUT2D eigenvalue weighted by Gasteiger charge is 2.33. The lowest BCUT2D eigenvalue weighted by atomic mass is 9.88. The van der Waals surface area contributed by atoms with Crippen molar-refractivity contribution in [1.29, 1.82) is 0 Å². The van der Waals surface area contributed by atoms with Crippen LogP contribution in [0.2, 0.25) is 0 Å². The summed E-state index contributed by atoms with van der Waals surface area (Å²) < 4.78 is 0. The van der Waals surface area contributed by atoms with Crippen molar-refractivity contribution in [2.45, 2.75) is 57.9 Å². The van der Waals surface area contributed by atoms with Gasteiger partial charge in [0.15, 0.2) is 0 Å². The summed E-state index contributed by atoms with van der Waals surface area (Å²) in [4.78, 5) is 34.4. The van der Waals surface area contributed by atoms with Gasteiger partial charge >= 0.3 is 0 Å². The molecule has 34 heavy (non-hydrogen) atoms. The molecule has 3 heterocycles. The van der Waals surface area contributed by atoms with Crippen molar-refractivity contribution in [1.82, 2.24) is 14.7 Å². The highest BCUT2D eigenvalue weighted by Crippen LogP contribution is 2.38. The fraction of sp³-hybridized carbons (Fsp3) is 0.571. The molecule has 3 aliphatic rings. The molecular weight excluding hydrogens is 442 g/mol. The van der Waals surface area contributed by atoms with Gasteiger partial charge in [-0.05, 0) is 60.7 Å². The van der Waals surface area contributed by atoms with E-state index in [2.05, 4.69) is 47.5 Å². The van der Waals surface area contributed by atoms with Crippen molar-refractivity contribution in [2.75, 3.05) is 39.3 Å². The average molecular weight is 480 g/mol. The summed E-state index contributed by atoms with van der Waals surface area (Å²) in [5.74, 6) is 0.734. The summed E-state index contributed by atoms with van der Waals surface area (Å²) in [6.45, 7) is 6.37. The number of rotatable bonds is 4. The lowest BCUT2D eigenvalue weighted by Crippen LogP contribution is -2.46. The molecule has 2 aliphatic heterocycles. The Hall–Kier alpha value is -2.18. The van der Waals surface area contributed by atoms with Crippen LogP contribution in [0.5, 0.6) is 0 Å². The van der Waals surface area contributed by atoms with E-state index in [1.807, 2.05) is 21.1 Å². The van der Waals surface area contributed by atoms with Crippen LogP contribution in [0.3, 0.4) is 0 Å². The van der Waals surface area contributed by atoms with Gasteiger partial charge in [0.05, 0.1) is 12.6 Å². The minimum Gasteiger partial charge on any atom is -0.341 e. The van der Waals surface area contributed by atoms with Crippen molar-refractivity contribution >= 4 is 23.2 Å². The standard InChI is InChI=1S/C28H37N3O2S/c1-21-8-5-6-11-23(21)27-24-13-19-34-25(24)12-16-31(27)20-26(32)29-14-7-15-30(18-17-29)28(33)22-9-3-2-4-10-22/h5-6,8,11,13,19,22,27H,2-4,7,9-10,12,14-18,20H2,1H3/t27-/m0/s1. The molecule has 1 saturated heterocycles. The number of carbonyl (C=O) groups excluding carboxylic acids is 2. The number of thiophene rings is 1. The van der Waals surface area contributed by atoms with Crippen LogP contribution < -0.4 is 0 Å². The summed E-state index contributed by atoms with van der Waals surface area (Å²) >= 11 is 1.84. The van der Waals surface area contributed by atoms with Crippen LogP contribution in [-0.2, 0) is 16.0 Å². The van der Waals surface area contributed by atoms with E-state index >= 15 is 0 Å². The number of fused-ring (bicyclic) bond motifs is 1. The van der Waals surface area contributed by atoms with Crippen molar-refractivity contribution < 1.29 is 9.59 Å². The van der Waals surface area contributed by atoms with Gasteiger partial charge in [-0.15, -0.1) is 11.3 Å². The Labute approximate surface area is 207 Å².